The van der Waals surface area contributed by atoms with E-state index in [4.69, 9.17) is 9.47 Å². The second-order valence-corrected chi connectivity index (χ2v) is 7.07. The Labute approximate surface area is 137 Å². The first-order valence-electron chi connectivity index (χ1n) is 6.20. The molecule has 2 heterocycles. The third-order valence-electron chi connectivity index (χ3n) is 2.72. The first-order valence-corrected chi connectivity index (χ1v) is 8.50. The molecule has 10 heteroatoms. The van der Waals surface area contributed by atoms with Crippen LogP contribution in [0.2, 0.25) is 0 Å². The maximum atomic E-state index is 12.5. The van der Waals surface area contributed by atoms with Crippen LogP contribution in [0.5, 0.6) is 11.5 Å². The summed E-state index contributed by atoms with van der Waals surface area (Å²) >= 11 is 0.744. The van der Waals surface area contributed by atoms with Gasteiger partial charge in [-0.25, -0.2) is 18.2 Å². The van der Waals surface area contributed by atoms with Crippen molar-refractivity contribution < 1.29 is 27.4 Å². The van der Waals surface area contributed by atoms with Crippen molar-refractivity contribution in [1.82, 2.24) is 4.98 Å². The van der Waals surface area contributed by atoms with Gasteiger partial charge in [0, 0.05) is 18.3 Å². The molecule has 0 aliphatic heterocycles. The lowest BCUT2D eigenvalue weighted by atomic mass is 10.4. The van der Waals surface area contributed by atoms with Gasteiger partial charge in [-0.15, -0.1) is 11.3 Å². The number of carbonyl (C=O) groups is 1. The number of ether oxygens (including phenoxy) is 3. The van der Waals surface area contributed by atoms with Crippen molar-refractivity contribution in [3.8, 4) is 11.5 Å². The highest BCUT2D eigenvalue weighted by atomic mass is 32.2. The van der Waals surface area contributed by atoms with Gasteiger partial charge in [0.05, 0.1) is 21.3 Å². The van der Waals surface area contributed by atoms with Gasteiger partial charge in [0.2, 0.25) is 0 Å². The summed E-state index contributed by atoms with van der Waals surface area (Å²) in [4.78, 5) is 15.6. The number of anilines is 1. The molecule has 2 aromatic rings. The molecule has 0 atom stereocenters. The maximum absolute atomic E-state index is 12.5. The minimum atomic E-state index is -3.98. The lowest BCUT2D eigenvalue weighted by Crippen LogP contribution is -2.13. The molecule has 2 aromatic heterocycles. The molecular formula is C13H14N2O6S2. The highest BCUT2D eigenvalue weighted by molar-refractivity contribution is 7.94. The van der Waals surface area contributed by atoms with Gasteiger partial charge >= 0.3 is 5.97 Å². The second-order valence-electron chi connectivity index (χ2n) is 4.14. The molecule has 0 bridgehead atoms. The van der Waals surface area contributed by atoms with E-state index in [-0.39, 0.29) is 20.7 Å². The molecule has 0 saturated carbocycles. The Hall–Kier alpha value is -2.33. The third kappa shape index (κ3) is 3.71. The summed E-state index contributed by atoms with van der Waals surface area (Å²) in [5.41, 5.74) is 0. The van der Waals surface area contributed by atoms with Crippen molar-refractivity contribution >= 4 is 33.1 Å². The number of methoxy groups -OCH3 is 3. The van der Waals surface area contributed by atoms with Gasteiger partial charge in [0.25, 0.3) is 10.0 Å². The Kier molecular flexibility index (Phi) is 5.06. The number of rotatable bonds is 6. The maximum Gasteiger partial charge on any atom is 0.348 e. The fourth-order valence-electron chi connectivity index (χ4n) is 1.67. The Balaban J connectivity index is 2.38. The predicted molar refractivity (Wildman–Crippen MR) is 83.8 cm³/mol. The molecule has 0 aliphatic carbocycles. The zero-order valence-corrected chi connectivity index (χ0v) is 14.2. The van der Waals surface area contributed by atoms with Crippen LogP contribution in [-0.4, -0.2) is 40.7 Å². The molecule has 0 aromatic carbocycles. The van der Waals surface area contributed by atoms with Crippen LogP contribution in [0.3, 0.4) is 0 Å². The summed E-state index contributed by atoms with van der Waals surface area (Å²) in [6, 6.07) is 4.32. The lowest BCUT2D eigenvalue weighted by Gasteiger charge is -2.08. The van der Waals surface area contributed by atoms with Crippen LogP contribution in [-0.2, 0) is 14.8 Å². The number of carbonyl (C=O) groups excluding carboxylic acids is 1. The highest BCUT2D eigenvalue weighted by Gasteiger charge is 2.26. The van der Waals surface area contributed by atoms with E-state index in [2.05, 4.69) is 14.4 Å². The summed E-state index contributed by atoms with van der Waals surface area (Å²) in [6.45, 7) is 0. The molecule has 0 radical (unpaired) electrons. The van der Waals surface area contributed by atoms with Gasteiger partial charge < -0.3 is 14.2 Å². The van der Waals surface area contributed by atoms with Gasteiger partial charge in [0.15, 0.2) is 9.96 Å². The fraction of sp³-hybridized carbons (Fsp3) is 0.231. The Bertz CT molecular complexity index is 816. The second kappa shape index (κ2) is 6.84. The number of pyridine rings is 1. The molecule has 0 fully saturated rings. The molecule has 0 saturated heterocycles. The molecule has 1 N–H and O–H groups in total. The van der Waals surface area contributed by atoms with Crippen LogP contribution in [0.1, 0.15) is 9.67 Å². The van der Waals surface area contributed by atoms with Crippen LogP contribution in [0.4, 0.5) is 5.82 Å². The van der Waals surface area contributed by atoms with Crippen LogP contribution in [0, 0.1) is 0 Å². The van der Waals surface area contributed by atoms with Gasteiger partial charge in [0.1, 0.15) is 16.4 Å². The van der Waals surface area contributed by atoms with E-state index in [1.807, 2.05) is 0 Å². The van der Waals surface area contributed by atoms with E-state index < -0.39 is 16.0 Å². The summed E-state index contributed by atoms with van der Waals surface area (Å²) in [5.74, 6) is -0.0643. The van der Waals surface area contributed by atoms with Crippen molar-refractivity contribution in [2.75, 3.05) is 26.1 Å². The van der Waals surface area contributed by atoms with E-state index in [0.29, 0.717) is 5.75 Å². The van der Waals surface area contributed by atoms with Crippen LogP contribution < -0.4 is 14.2 Å². The first kappa shape index (κ1) is 17.0. The van der Waals surface area contributed by atoms with E-state index in [0.717, 1.165) is 11.3 Å². The molecule has 23 heavy (non-hydrogen) atoms. The van der Waals surface area contributed by atoms with E-state index in [1.54, 1.807) is 6.07 Å². The Morgan fingerprint density at radius 1 is 1.22 bits per heavy atom. The number of esters is 1. The zero-order valence-electron chi connectivity index (χ0n) is 12.5. The van der Waals surface area contributed by atoms with Crippen molar-refractivity contribution in [3.63, 3.8) is 0 Å². The first-order chi connectivity index (χ1) is 10.9. The van der Waals surface area contributed by atoms with Gasteiger partial charge in [-0.05, 0) is 6.07 Å². The van der Waals surface area contributed by atoms with Gasteiger partial charge in [-0.2, -0.15) is 0 Å². The summed E-state index contributed by atoms with van der Waals surface area (Å²) in [6.07, 6.45) is 1.40. The van der Waals surface area contributed by atoms with Crippen molar-refractivity contribution in [2.45, 2.75) is 4.21 Å². The third-order valence-corrected chi connectivity index (χ3v) is 5.69. The highest BCUT2D eigenvalue weighted by Crippen LogP contribution is 2.35. The minimum absolute atomic E-state index is 0.0470. The molecule has 124 valence electrons. The summed E-state index contributed by atoms with van der Waals surface area (Å²) in [7, 11) is -0.00651. The van der Waals surface area contributed by atoms with Crippen LogP contribution >= 0.6 is 11.3 Å². The molecule has 0 spiro atoms. The zero-order chi connectivity index (χ0) is 17.0. The fourth-order valence-corrected chi connectivity index (χ4v) is 4.16. The van der Waals surface area contributed by atoms with Crippen molar-refractivity contribution in [2.24, 2.45) is 0 Å². The quantitative estimate of drug-likeness (QED) is 0.785. The minimum Gasteiger partial charge on any atom is -0.497 e. The Morgan fingerprint density at radius 3 is 2.57 bits per heavy atom. The molecular weight excluding hydrogens is 344 g/mol. The van der Waals surface area contributed by atoms with Gasteiger partial charge in [-0.3, -0.25) is 4.72 Å². The molecule has 0 aliphatic rings. The average Bonchev–Trinajstić information content (AvgIpc) is 2.99. The largest absolute Gasteiger partial charge is 0.497 e. The SMILES string of the molecule is COC(=O)c1cc(OC)c(S(=O)(=O)Nc2cc(OC)ccn2)s1. The number of aromatic nitrogens is 1. The van der Waals surface area contributed by atoms with Crippen LogP contribution in [0.15, 0.2) is 28.6 Å². The molecule has 0 amide bonds. The average molecular weight is 358 g/mol. The van der Waals surface area contributed by atoms with E-state index in [9.17, 15) is 13.2 Å². The molecule has 8 nitrogen and oxygen atoms in total. The monoisotopic (exact) mass is 358 g/mol. The Morgan fingerprint density at radius 2 is 1.96 bits per heavy atom. The molecule has 0 unspecified atom stereocenters. The predicted octanol–water partition coefficient (Wildman–Crippen LogP) is 1.75. The number of nitrogens with zero attached hydrogens (tertiary/aromatic N) is 1. The smallest absolute Gasteiger partial charge is 0.348 e. The standard InChI is InChI=1S/C13H14N2O6S2/c1-19-8-4-5-14-11(6-8)15-23(17,18)13-9(20-2)7-10(22-13)12(16)21-3/h4-7H,1-3H3,(H,14,15). The normalized spacial score (nSPS) is 10.9. The van der Waals surface area contributed by atoms with Gasteiger partial charge in [-0.1, -0.05) is 0 Å². The van der Waals surface area contributed by atoms with Crippen molar-refractivity contribution in [3.05, 3.63) is 29.3 Å². The number of sulfonamides is 1. The number of hydrogen-bond donors (Lipinski definition) is 1. The number of nitrogens with one attached hydrogen (secondary N) is 1. The molecule has 2 rings (SSSR count). The van der Waals surface area contributed by atoms with Crippen molar-refractivity contribution in [1.29, 1.82) is 0 Å². The summed E-state index contributed by atoms with van der Waals surface area (Å²) < 4.78 is 41.8. The summed E-state index contributed by atoms with van der Waals surface area (Å²) in [5, 5.41) is 0. The number of hydrogen-bond acceptors (Lipinski definition) is 8. The van der Waals surface area contributed by atoms with E-state index >= 15 is 0 Å². The number of thiophene rings is 1. The van der Waals surface area contributed by atoms with Crippen LogP contribution in [0.25, 0.3) is 0 Å². The topological polar surface area (TPSA) is 104 Å². The lowest BCUT2D eigenvalue weighted by molar-refractivity contribution is 0.0606. The van der Waals surface area contributed by atoms with E-state index in [1.165, 1.54) is 39.7 Å².